The molecular weight excluding hydrogens is 1890 g/mol. The van der Waals surface area contributed by atoms with E-state index in [1.165, 1.54) is 95.6 Å². The van der Waals surface area contributed by atoms with Crippen molar-refractivity contribution in [3.05, 3.63) is 405 Å². The van der Waals surface area contributed by atoms with Crippen LogP contribution in [0.4, 0.5) is 70.2 Å². The van der Waals surface area contributed by atoms with E-state index in [4.69, 9.17) is 33.4 Å². The highest BCUT2D eigenvalue weighted by atomic mass is 35.5. The zero-order chi connectivity index (χ0) is 111. The van der Waals surface area contributed by atoms with E-state index in [2.05, 4.69) is 134 Å². The molecule has 0 aromatic heterocycles. The fourth-order valence-electron chi connectivity index (χ4n) is 12.4. The Morgan fingerprint density at radius 2 is 0.497 bits per heavy atom. The lowest BCUT2D eigenvalue weighted by Crippen LogP contribution is -2.15. The Bertz CT molecular complexity index is 5460. The maximum absolute atomic E-state index is 13.1. The summed E-state index contributed by atoms with van der Waals surface area (Å²) in [5, 5.41) is 28.3. The average molecular weight is 2040 g/mol. The minimum Gasteiger partial charge on any atom is -0.508 e. The number of benzene rings is 12. The number of phenols is 3. The molecule has 0 fully saturated rings. The highest BCUT2D eigenvalue weighted by Crippen LogP contribution is 2.37. The minimum absolute atomic E-state index is 0.0230. The van der Waals surface area contributed by atoms with E-state index in [1.807, 2.05) is 140 Å². The van der Waals surface area contributed by atoms with Crippen LogP contribution in [0.2, 0.25) is 10.0 Å². The molecule has 0 amide bonds. The normalized spacial score (nSPS) is 11.7. The SMILES string of the molecule is CC(C)(C)c1cc(F)c(F)c(F)c1.CC(C)(C)c1ccc(F)c(Cl)c1.CC(C)(C)c1ccc(F)c(F)c1.CC(C)(C)c1ccc(F)c(F)c1F.CC(C)(C)c1ccc(F)c(O)c1.CC(C)(C)c1ccc(F)cc1.CC(C)(C)c1ccc(F)cc1Cl.CC(C)(C)c1ccc(F)cc1F.CC(C)(C)c1ccc(O)cc1O.CC(C)(C)c1ccccc1.Cc1cc(C(C)(C)C)ccc1F.Cc1ccc(C(C)(C)C)cc1F. The molecule has 0 bridgehead atoms. The van der Waals surface area contributed by atoms with Crippen molar-refractivity contribution in [1.82, 2.24) is 0 Å². The molecule has 0 radical (unpaired) electrons. The van der Waals surface area contributed by atoms with Crippen LogP contribution in [0.25, 0.3) is 0 Å². The highest BCUT2D eigenvalue weighted by Gasteiger charge is 2.27. The Kier molecular flexibility index (Phi) is 49.4. The van der Waals surface area contributed by atoms with Gasteiger partial charge in [-0.05, 0) is 260 Å². The van der Waals surface area contributed by atoms with E-state index < -0.39 is 69.4 Å². The Hall–Kier alpha value is -10.5. The summed E-state index contributed by atoms with van der Waals surface area (Å²) in [4.78, 5) is 0. The van der Waals surface area contributed by atoms with Crippen LogP contribution >= 0.6 is 23.2 Å². The van der Waals surface area contributed by atoms with Crippen LogP contribution in [0.5, 0.6) is 17.2 Å². The van der Waals surface area contributed by atoms with Crippen LogP contribution in [0, 0.1) is 107 Å². The smallest absolute Gasteiger partial charge is 0.194 e. The molecule has 0 saturated carbocycles. The summed E-state index contributed by atoms with van der Waals surface area (Å²) < 4.78 is 204. The number of phenolic OH excluding ortho intramolecular Hbond substituents is 3. The number of aromatic hydroxyl groups is 3. The molecule has 0 unspecified atom stereocenters. The predicted molar refractivity (Wildman–Crippen MR) is 566 cm³/mol. The summed E-state index contributed by atoms with van der Waals surface area (Å²) in [6, 6.07) is 58.4. The summed E-state index contributed by atoms with van der Waals surface area (Å²) in [7, 11) is 0. The fourth-order valence-corrected chi connectivity index (χ4v) is 13.0. The standard InChI is InChI=1S/2C11H15F.2C10H12ClF.2C10H11F3.2C10H12F2.C10H13FO.C10H13F.C10H14O2.C10H14/c1-8-7-9(11(2,3)4)5-6-10(8)12;1-8-5-6-9(7-10(8)12)11(2,3)4;1-10(2,3)7-4-5-9(12)8(11)6-7;1-10(2,3)8-5-4-7(12)6-9(8)11;1-10(2,3)6-4-7(11)9(13)8(12)5-6;1-10(2,3)6-4-5-7(11)9(13)8(6)12;1-10(2,3)8-5-4-7(11)6-9(8)12;2*1-10(2,3)7-4-5-8(11)9(12)6-7;1-10(2,3)8-4-6-9(11)7-5-8;1-10(2,3)8-5-4-7(11)6-9(8)12;1-10(2,3)9-7-5-4-6-8-9/h2*5-7H,1-4H3;2*4-6H,1-3H3;2*4-5H,1-3H3;2*4-6H,1-3H3;4-6,12H,1-3H3;4-7H,1-3H3;4-6,11-12H,1-3H3;4-8H,1-3H3. The van der Waals surface area contributed by atoms with E-state index >= 15 is 0 Å². The third-order valence-electron chi connectivity index (χ3n) is 21.8. The first-order valence-corrected chi connectivity index (χ1v) is 47.8. The van der Waals surface area contributed by atoms with E-state index in [0.29, 0.717) is 27.1 Å². The van der Waals surface area contributed by atoms with Crippen molar-refractivity contribution in [2.75, 3.05) is 0 Å². The molecule has 12 rings (SSSR count). The molecule has 143 heavy (non-hydrogen) atoms. The van der Waals surface area contributed by atoms with Crippen molar-refractivity contribution in [3.8, 4) is 17.2 Å². The van der Waals surface area contributed by atoms with E-state index in [0.717, 1.165) is 69.3 Å². The molecular formula is C122H154Cl2F16O3. The van der Waals surface area contributed by atoms with Gasteiger partial charge in [-0.2, -0.15) is 0 Å². The second-order valence-electron chi connectivity index (χ2n) is 47.2. The van der Waals surface area contributed by atoms with Gasteiger partial charge in [0.05, 0.1) is 5.02 Å². The molecule has 0 heterocycles. The average Bonchev–Trinajstić information content (AvgIpc) is 0.777. The van der Waals surface area contributed by atoms with Crippen LogP contribution in [0.15, 0.2) is 224 Å². The van der Waals surface area contributed by atoms with Gasteiger partial charge in [-0.25, -0.2) is 70.2 Å². The van der Waals surface area contributed by atoms with Gasteiger partial charge in [-0.1, -0.05) is 382 Å². The van der Waals surface area contributed by atoms with E-state index in [9.17, 15) is 75.4 Å². The molecule has 0 saturated heterocycles. The van der Waals surface area contributed by atoms with E-state index in [1.54, 1.807) is 104 Å². The second-order valence-corrected chi connectivity index (χ2v) is 48.0. The molecule has 0 atom stereocenters. The fraction of sp³-hybridized carbons (Fsp3) is 0.410. The molecule has 0 aliphatic rings. The minimum atomic E-state index is -1.41. The first-order valence-electron chi connectivity index (χ1n) is 47.0. The van der Waals surface area contributed by atoms with Crippen molar-refractivity contribution in [1.29, 1.82) is 0 Å². The first-order chi connectivity index (χ1) is 64.5. The second kappa shape index (κ2) is 54.1. The van der Waals surface area contributed by atoms with Gasteiger partial charge < -0.3 is 15.3 Å². The highest BCUT2D eigenvalue weighted by molar-refractivity contribution is 6.31. The largest absolute Gasteiger partial charge is 0.508 e. The van der Waals surface area contributed by atoms with Gasteiger partial charge in [0, 0.05) is 17.2 Å². The van der Waals surface area contributed by atoms with Crippen LogP contribution in [0.1, 0.15) is 327 Å². The van der Waals surface area contributed by atoms with Gasteiger partial charge in [0.15, 0.2) is 58.1 Å². The van der Waals surface area contributed by atoms with Gasteiger partial charge in [0.25, 0.3) is 0 Å². The zero-order valence-corrected chi connectivity index (χ0v) is 92.5. The topological polar surface area (TPSA) is 60.7 Å². The molecule has 12 aromatic rings. The van der Waals surface area contributed by atoms with Gasteiger partial charge in [0.2, 0.25) is 0 Å². The third kappa shape index (κ3) is 47.0. The molecule has 3 nitrogen and oxygen atoms in total. The summed E-state index contributed by atoms with van der Waals surface area (Å²) in [5.41, 5.74) is 11.2. The number of hydrogen-bond donors (Lipinski definition) is 3. The summed E-state index contributed by atoms with van der Waals surface area (Å²) in [6.45, 7) is 75.8. The number of aryl methyl sites for hydroxylation is 2. The molecule has 21 heteroatoms. The Morgan fingerprint density at radius 3 is 0.860 bits per heavy atom. The Morgan fingerprint density at radius 1 is 0.175 bits per heavy atom. The van der Waals surface area contributed by atoms with Gasteiger partial charge in [-0.15, -0.1) is 0 Å². The first kappa shape index (κ1) is 131. The maximum Gasteiger partial charge on any atom is 0.194 e. The summed E-state index contributed by atoms with van der Waals surface area (Å²) >= 11 is 11.5. The molecule has 786 valence electrons. The Balaban J connectivity index is 0.000000780. The number of rotatable bonds is 0. The van der Waals surface area contributed by atoms with Crippen molar-refractivity contribution >= 4 is 23.2 Å². The van der Waals surface area contributed by atoms with Crippen molar-refractivity contribution in [3.63, 3.8) is 0 Å². The summed E-state index contributed by atoms with van der Waals surface area (Å²) in [5.74, 6) is -11.5. The molecule has 0 aliphatic carbocycles. The van der Waals surface area contributed by atoms with Gasteiger partial charge in [-0.3, -0.25) is 0 Å². The van der Waals surface area contributed by atoms with Crippen molar-refractivity contribution in [2.24, 2.45) is 0 Å². The summed E-state index contributed by atoms with van der Waals surface area (Å²) in [6.07, 6.45) is 0. The third-order valence-corrected chi connectivity index (χ3v) is 22.4. The molecule has 0 aliphatic heterocycles. The molecule has 3 N–H and O–H groups in total. The zero-order valence-electron chi connectivity index (χ0n) is 91.0. The maximum atomic E-state index is 13.1. The van der Waals surface area contributed by atoms with Gasteiger partial charge >= 0.3 is 0 Å². The lowest BCUT2D eigenvalue weighted by Gasteiger charge is -2.20. The van der Waals surface area contributed by atoms with Gasteiger partial charge in [0.1, 0.15) is 52.2 Å². The van der Waals surface area contributed by atoms with E-state index in [-0.39, 0.29) is 111 Å². The van der Waals surface area contributed by atoms with Crippen LogP contribution in [-0.4, -0.2) is 15.3 Å². The Labute approximate surface area is 854 Å². The molecule has 0 spiro atoms. The monoisotopic (exact) mass is 2040 g/mol. The van der Waals surface area contributed by atoms with Crippen LogP contribution in [-0.2, 0) is 65.0 Å². The molecule has 12 aromatic carbocycles. The van der Waals surface area contributed by atoms with Crippen molar-refractivity contribution in [2.45, 2.75) is 328 Å². The van der Waals surface area contributed by atoms with Crippen molar-refractivity contribution < 1.29 is 85.6 Å². The van der Waals surface area contributed by atoms with Crippen LogP contribution in [0.3, 0.4) is 0 Å². The number of hydrogen-bond acceptors (Lipinski definition) is 3. The quantitative estimate of drug-likeness (QED) is 0.105. The lowest BCUT2D eigenvalue weighted by molar-refractivity contribution is 0.423. The lowest BCUT2D eigenvalue weighted by atomic mass is 9.86. The number of halogens is 18. The predicted octanol–water partition coefficient (Wildman–Crippen LogP) is 39.1. The van der Waals surface area contributed by atoms with Crippen LogP contribution < -0.4 is 0 Å².